The van der Waals surface area contributed by atoms with Crippen LogP contribution in [-0.2, 0) is 11.3 Å². The van der Waals surface area contributed by atoms with E-state index < -0.39 is 11.9 Å². The minimum atomic E-state index is -1.22. The lowest BCUT2D eigenvalue weighted by Gasteiger charge is -2.19. The van der Waals surface area contributed by atoms with Crippen LogP contribution >= 0.6 is 15.9 Å². The summed E-state index contributed by atoms with van der Waals surface area (Å²) in [7, 11) is 0. The molecule has 0 spiro atoms. The van der Waals surface area contributed by atoms with E-state index in [0.717, 1.165) is 5.48 Å². The number of carbonyl (C=O) groups is 1. The summed E-state index contributed by atoms with van der Waals surface area (Å²) in [6, 6.07) is 8.94. The summed E-state index contributed by atoms with van der Waals surface area (Å²) in [6.07, 6.45) is 5.67. The largest absolute Gasteiger partial charge is 0.470 e. The highest BCUT2D eigenvalue weighted by atomic mass is 79.9. The van der Waals surface area contributed by atoms with Crippen molar-refractivity contribution in [3.8, 4) is 28.5 Å². The number of carbonyl (C=O) groups excluding carboxylic acids is 1. The number of nitrogens with two attached hydrogens (primary N) is 1. The van der Waals surface area contributed by atoms with Crippen molar-refractivity contribution in [1.29, 1.82) is 0 Å². The molecule has 0 bridgehead atoms. The molecule has 0 aliphatic rings. The molecule has 4 aromatic rings. The SMILES string of the molecule is CCn1cc(Oc2cccnc2-c2ccc(F)cc2[C@@H](C=O)Oc2cc(Br)cnc2[NH2+]O)cn1. The second kappa shape index (κ2) is 10.5. The van der Waals surface area contributed by atoms with E-state index in [1.807, 2.05) is 6.92 Å². The van der Waals surface area contributed by atoms with Crippen LogP contribution in [0.25, 0.3) is 11.3 Å². The molecule has 174 valence electrons. The number of nitrogens with zero attached hydrogens (tertiary/aromatic N) is 4. The molecule has 0 saturated carbocycles. The van der Waals surface area contributed by atoms with Gasteiger partial charge in [0.15, 0.2) is 23.9 Å². The van der Waals surface area contributed by atoms with Crippen LogP contribution in [0.5, 0.6) is 17.2 Å². The molecule has 3 heterocycles. The normalized spacial score (nSPS) is 11.8. The van der Waals surface area contributed by atoms with E-state index in [-0.39, 0.29) is 17.1 Å². The van der Waals surface area contributed by atoms with Gasteiger partial charge in [0, 0.05) is 40.6 Å². The molecule has 3 aromatic heterocycles. The number of benzene rings is 1. The van der Waals surface area contributed by atoms with Crippen LogP contribution in [-0.4, -0.2) is 31.2 Å². The van der Waals surface area contributed by atoms with Crippen LogP contribution in [0.2, 0.25) is 0 Å². The first-order chi connectivity index (χ1) is 16.5. The molecule has 1 atom stereocenters. The van der Waals surface area contributed by atoms with E-state index in [4.69, 9.17) is 9.47 Å². The van der Waals surface area contributed by atoms with E-state index in [9.17, 15) is 14.4 Å². The van der Waals surface area contributed by atoms with Crippen molar-refractivity contribution in [3.63, 3.8) is 0 Å². The molecule has 0 saturated heterocycles. The summed E-state index contributed by atoms with van der Waals surface area (Å²) in [5.74, 6) is 0.588. The maximum atomic E-state index is 14.3. The minimum absolute atomic E-state index is 0.114. The monoisotopic (exact) mass is 528 g/mol. The van der Waals surface area contributed by atoms with Gasteiger partial charge >= 0.3 is 0 Å². The van der Waals surface area contributed by atoms with Crippen LogP contribution in [0.3, 0.4) is 0 Å². The minimum Gasteiger partial charge on any atom is -0.470 e. The molecule has 0 unspecified atom stereocenters. The van der Waals surface area contributed by atoms with Gasteiger partial charge in [-0.1, -0.05) is 0 Å². The van der Waals surface area contributed by atoms with Crippen LogP contribution < -0.4 is 15.0 Å². The van der Waals surface area contributed by atoms with Gasteiger partial charge < -0.3 is 9.47 Å². The van der Waals surface area contributed by atoms with Gasteiger partial charge in [0.25, 0.3) is 5.82 Å². The molecule has 11 heteroatoms. The topological polar surface area (TPSA) is 116 Å². The Morgan fingerprint density at radius 3 is 2.82 bits per heavy atom. The first-order valence-electron chi connectivity index (χ1n) is 10.2. The summed E-state index contributed by atoms with van der Waals surface area (Å²) >= 11 is 3.28. The fourth-order valence-corrected chi connectivity index (χ4v) is 3.59. The Morgan fingerprint density at radius 1 is 1.24 bits per heavy atom. The van der Waals surface area contributed by atoms with Crippen molar-refractivity contribution >= 4 is 28.0 Å². The van der Waals surface area contributed by atoms with E-state index in [2.05, 4.69) is 31.0 Å². The Kier molecular flexibility index (Phi) is 7.26. The number of hydrogen-bond acceptors (Lipinski definition) is 7. The molecular formula is C23H20BrFN5O4+. The highest BCUT2D eigenvalue weighted by Crippen LogP contribution is 2.37. The van der Waals surface area contributed by atoms with Crippen molar-refractivity contribution in [2.45, 2.75) is 19.6 Å². The second-order valence-corrected chi connectivity index (χ2v) is 7.97. The van der Waals surface area contributed by atoms with Gasteiger partial charge in [-0.2, -0.15) is 15.6 Å². The molecule has 0 amide bonds. The van der Waals surface area contributed by atoms with E-state index in [0.29, 0.717) is 40.1 Å². The van der Waals surface area contributed by atoms with Crippen molar-refractivity contribution in [1.82, 2.24) is 19.7 Å². The number of halogens is 2. The third kappa shape index (κ3) is 5.11. The Balaban J connectivity index is 1.76. The predicted molar refractivity (Wildman–Crippen MR) is 122 cm³/mol. The smallest absolute Gasteiger partial charge is 0.299 e. The predicted octanol–water partition coefficient (Wildman–Crippen LogP) is 3.96. The standard InChI is InChI=1S/C23H19BrFN5O4/c1-2-30-12-16(11-28-30)33-19-4-3-7-26-22(19)17-6-5-15(25)9-18(17)21(13-31)34-20-8-14(24)10-27-23(20)29-32/h3-13,21,32H,2H2,1H3,(H,27,29)/p+1/t21-/m1/s1. The van der Waals surface area contributed by atoms with Crippen molar-refractivity contribution in [2.75, 3.05) is 0 Å². The molecule has 1 aromatic carbocycles. The lowest BCUT2D eigenvalue weighted by Crippen LogP contribution is -2.74. The molecule has 9 nitrogen and oxygen atoms in total. The summed E-state index contributed by atoms with van der Waals surface area (Å²) in [5, 5.41) is 13.7. The quantitative estimate of drug-likeness (QED) is 0.249. The van der Waals surface area contributed by atoms with E-state index >= 15 is 0 Å². The highest BCUT2D eigenvalue weighted by molar-refractivity contribution is 9.10. The Bertz CT molecular complexity index is 1320. The molecular weight excluding hydrogens is 509 g/mol. The number of aromatic nitrogens is 4. The number of pyridine rings is 2. The number of aryl methyl sites for hydroxylation is 1. The van der Waals surface area contributed by atoms with Gasteiger partial charge in [0.2, 0.25) is 5.75 Å². The highest BCUT2D eigenvalue weighted by Gasteiger charge is 2.24. The Hall–Kier alpha value is -3.67. The maximum Gasteiger partial charge on any atom is 0.299 e. The zero-order valence-corrected chi connectivity index (χ0v) is 19.5. The molecule has 4 rings (SSSR count). The fourth-order valence-electron chi connectivity index (χ4n) is 3.28. The van der Waals surface area contributed by atoms with Crippen LogP contribution in [0, 0.1) is 5.82 Å². The first-order valence-corrected chi connectivity index (χ1v) is 11.0. The van der Waals surface area contributed by atoms with Gasteiger partial charge in [-0.05, 0) is 53.2 Å². The third-order valence-electron chi connectivity index (χ3n) is 4.86. The number of hydrogen-bond donors (Lipinski definition) is 2. The lowest BCUT2D eigenvalue weighted by molar-refractivity contribution is -0.828. The van der Waals surface area contributed by atoms with Crippen LogP contribution in [0.15, 0.2) is 65.7 Å². The number of aldehydes is 1. The molecule has 0 radical (unpaired) electrons. The summed E-state index contributed by atoms with van der Waals surface area (Å²) < 4.78 is 28.4. The number of rotatable bonds is 9. The average molecular weight is 529 g/mol. The molecule has 0 aliphatic carbocycles. The lowest BCUT2D eigenvalue weighted by atomic mass is 9.99. The van der Waals surface area contributed by atoms with Crippen LogP contribution in [0.1, 0.15) is 18.6 Å². The maximum absolute atomic E-state index is 14.3. The third-order valence-corrected chi connectivity index (χ3v) is 5.29. The molecule has 0 aliphatic heterocycles. The van der Waals surface area contributed by atoms with Crippen molar-refractivity contribution in [2.24, 2.45) is 0 Å². The summed E-state index contributed by atoms with van der Waals surface area (Å²) in [4.78, 5) is 20.5. The van der Waals surface area contributed by atoms with Crippen molar-refractivity contribution in [3.05, 3.63) is 77.0 Å². The average Bonchev–Trinajstić information content (AvgIpc) is 3.31. The van der Waals surface area contributed by atoms with Gasteiger partial charge in [0.1, 0.15) is 11.5 Å². The molecule has 3 N–H and O–H groups in total. The zero-order chi connectivity index (χ0) is 24.1. The Morgan fingerprint density at radius 2 is 2.09 bits per heavy atom. The summed E-state index contributed by atoms with van der Waals surface area (Å²) in [5.41, 5.74) is 1.82. The van der Waals surface area contributed by atoms with Gasteiger partial charge in [-0.15, -0.1) is 0 Å². The fraction of sp³-hybridized carbons (Fsp3) is 0.130. The van der Waals surface area contributed by atoms with E-state index in [1.54, 1.807) is 41.5 Å². The number of ether oxygens (including phenoxy) is 2. The number of quaternary nitrogens is 1. The first kappa shape index (κ1) is 23.5. The van der Waals surface area contributed by atoms with Gasteiger partial charge in [-0.25, -0.2) is 9.60 Å². The van der Waals surface area contributed by atoms with Gasteiger partial charge in [-0.3, -0.25) is 14.5 Å². The summed E-state index contributed by atoms with van der Waals surface area (Å²) in [6.45, 7) is 2.64. The Labute approximate surface area is 202 Å². The zero-order valence-electron chi connectivity index (χ0n) is 17.9. The van der Waals surface area contributed by atoms with Crippen molar-refractivity contribution < 1.29 is 29.3 Å². The molecule has 34 heavy (non-hydrogen) atoms. The molecule has 0 fully saturated rings. The second-order valence-electron chi connectivity index (χ2n) is 7.06. The van der Waals surface area contributed by atoms with Crippen LogP contribution in [0.4, 0.5) is 10.2 Å². The van der Waals surface area contributed by atoms with E-state index in [1.165, 1.54) is 24.4 Å². The van der Waals surface area contributed by atoms with Gasteiger partial charge in [0.05, 0.1) is 12.4 Å².